The fraction of sp³-hybridized carbons (Fsp3) is 0.333. The number of hydrogen-bond donors (Lipinski definition) is 0. The molecule has 0 aromatic heterocycles. The van der Waals surface area contributed by atoms with E-state index in [9.17, 15) is 9.59 Å². The molecule has 6 nitrogen and oxygen atoms in total. The summed E-state index contributed by atoms with van der Waals surface area (Å²) < 4.78 is 0. The fourth-order valence-corrected chi connectivity index (χ4v) is 6.94. The molecule has 4 aromatic rings. The van der Waals surface area contributed by atoms with Crippen molar-refractivity contribution in [1.29, 1.82) is 0 Å². The number of carbonyl (C=O) groups is 2. The minimum absolute atomic E-state index is 0.164. The smallest absolute Gasteiger partial charge is 0.222 e. The Balaban J connectivity index is 0.963. The van der Waals surface area contributed by atoms with E-state index in [4.69, 9.17) is 0 Å². The molecule has 0 bridgehead atoms. The molecule has 0 aliphatic carbocycles. The van der Waals surface area contributed by atoms with Gasteiger partial charge < -0.3 is 9.80 Å². The van der Waals surface area contributed by atoms with Crippen LogP contribution in [0, 0.1) is 0 Å². The van der Waals surface area contributed by atoms with Crippen molar-refractivity contribution in [3.8, 4) is 0 Å². The molecule has 2 saturated heterocycles. The summed E-state index contributed by atoms with van der Waals surface area (Å²) in [6.07, 6.45) is 1.46. The summed E-state index contributed by atoms with van der Waals surface area (Å²) in [6.45, 7) is 6.19. The van der Waals surface area contributed by atoms with Crippen LogP contribution < -0.4 is 0 Å². The minimum atomic E-state index is 0.164. The van der Waals surface area contributed by atoms with Crippen LogP contribution in [-0.2, 0) is 9.59 Å². The average molecular weight is 601 g/mol. The number of carbonyl (C=O) groups excluding carboxylic acids is 2. The first-order chi connectivity index (χ1) is 22.2. The van der Waals surface area contributed by atoms with Crippen molar-refractivity contribution in [1.82, 2.24) is 19.6 Å². The number of rotatable bonds is 10. The fourth-order valence-electron chi connectivity index (χ4n) is 6.94. The SMILES string of the molecule is O=C(CCCC(=O)N1CCN(C(c2ccccc2)c2ccccc2)CC1)N1CCN(C(c2ccccc2)c2ccccc2)CC1. The molecule has 0 unspecified atom stereocenters. The number of piperazine rings is 2. The Morgan fingerprint density at radius 1 is 0.422 bits per heavy atom. The first-order valence-corrected chi connectivity index (χ1v) is 16.4. The van der Waals surface area contributed by atoms with Crippen molar-refractivity contribution in [3.05, 3.63) is 144 Å². The summed E-state index contributed by atoms with van der Waals surface area (Å²) in [5.74, 6) is 0.327. The summed E-state index contributed by atoms with van der Waals surface area (Å²) in [5, 5.41) is 0. The zero-order valence-electron chi connectivity index (χ0n) is 26.1. The van der Waals surface area contributed by atoms with E-state index in [0.717, 1.165) is 52.4 Å². The summed E-state index contributed by atoms with van der Waals surface area (Å²) in [5.41, 5.74) is 5.11. The van der Waals surface area contributed by atoms with Crippen molar-refractivity contribution >= 4 is 11.8 Å². The summed E-state index contributed by atoms with van der Waals surface area (Å²) in [4.78, 5) is 35.2. The molecule has 2 fully saturated rings. The van der Waals surface area contributed by atoms with Gasteiger partial charge in [0.25, 0.3) is 0 Å². The van der Waals surface area contributed by atoms with Gasteiger partial charge in [-0.05, 0) is 28.7 Å². The van der Waals surface area contributed by atoms with Gasteiger partial charge >= 0.3 is 0 Å². The van der Waals surface area contributed by atoms with Gasteiger partial charge in [-0.25, -0.2) is 0 Å². The molecule has 0 saturated carbocycles. The zero-order chi connectivity index (χ0) is 30.8. The Morgan fingerprint density at radius 3 is 0.956 bits per heavy atom. The lowest BCUT2D eigenvalue weighted by molar-refractivity contribution is -0.134. The Bertz CT molecular complexity index is 1290. The number of benzene rings is 4. The second-order valence-corrected chi connectivity index (χ2v) is 12.1. The van der Waals surface area contributed by atoms with Crippen LogP contribution >= 0.6 is 0 Å². The van der Waals surface area contributed by atoms with Crippen molar-refractivity contribution < 1.29 is 9.59 Å². The minimum Gasteiger partial charge on any atom is -0.340 e. The number of amides is 2. The maximum atomic E-state index is 13.1. The van der Waals surface area contributed by atoms with Gasteiger partial charge in [-0.2, -0.15) is 0 Å². The van der Waals surface area contributed by atoms with Crippen LogP contribution in [0.15, 0.2) is 121 Å². The van der Waals surface area contributed by atoms with Crippen LogP contribution in [0.25, 0.3) is 0 Å². The maximum absolute atomic E-state index is 13.1. The highest BCUT2D eigenvalue weighted by molar-refractivity contribution is 5.79. The molecule has 0 N–H and O–H groups in total. The largest absolute Gasteiger partial charge is 0.340 e. The van der Waals surface area contributed by atoms with E-state index in [1.54, 1.807) is 0 Å². The second kappa shape index (κ2) is 15.2. The van der Waals surface area contributed by atoms with Crippen molar-refractivity contribution in [2.45, 2.75) is 31.3 Å². The molecule has 2 heterocycles. The Hall–Kier alpha value is -4.26. The average Bonchev–Trinajstić information content (AvgIpc) is 3.11. The summed E-state index contributed by atoms with van der Waals surface area (Å²) >= 11 is 0. The van der Waals surface area contributed by atoms with Gasteiger partial charge in [0.05, 0.1) is 12.1 Å². The quantitative estimate of drug-likeness (QED) is 0.223. The van der Waals surface area contributed by atoms with E-state index >= 15 is 0 Å². The van der Waals surface area contributed by atoms with Gasteiger partial charge in [-0.1, -0.05) is 121 Å². The first-order valence-electron chi connectivity index (χ1n) is 16.4. The molecule has 6 rings (SSSR count). The standard InChI is InChI=1S/C39H44N4O2/c44-36(40-24-28-42(29-25-40)38(32-14-5-1-6-15-32)33-16-7-2-8-17-33)22-13-23-37(45)41-26-30-43(31-27-41)39(34-18-9-3-10-19-34)35-20-11-4-12-21-35/h1-12,14-21,38-39H,13,22-31H2. The van der Waals surface area contributed by atoms with Crippen LogP contribution in [-0.4, -0.2) is 83.8 Å². The van der Waals surface area contributed by atoms with Gasteiger partial charge in [0, 0.05) is 65.2 Å². The third-order valence-corrected chi connectivity index (χ3v) is 9.31. The molecule has 6 heteroatoms. The molecule has 0 atom stereocenters. The second-order valence-electron chi connectivity index (χ2n) is 12.1. The van der Waals surface area contributed by atoms with E-state index < -0.39 is 0 Å². The van der Waals surface area contributed by atoms with Crippen LogP contribution in [0.3, 0.4) is 0 Å². The molecule has 45 heavy (non-hydrogen) atoms. The van der Waals surface area contributed by atoms with Crippen LogP contribution in [0.1, 0.15) is 53.6 Å². The highest BCUT2D eigenvalue weighted by Crippen LogP contribution is 2.31. The predicted molar refractivity (Wildman–Crippen MR) is 180 cm³/mol. The Kier molecular flexibility index (Phi) is 10.4. The van der Waals surface area contributed by atoms with Crippen molar-refractivity contribution in [3.63, 3.8) is 0 Å². The molecular formula is C39H44N4O2. The van der Waals surface area contributed by atoms with E-state index in [2.05, 4.69) is 131 Å². The van der Waals surface area contributed by atoms with Crippen molar-refractivity contribution in [2.24, 2.45) is 0 Å². The molecule has 2 amide bonds. The molecule has 0 radical (unpaired) electrons. The van der Waals surface area contributed by atoms with Crippen molar-refractivity contribution in [2.75, 3.05) is 52.4 Å². The van der Waals surface area contributed by atoms with E-state index in [1.807, 2.05) is 9.80 Å². The zero-order valence-corrected chi connectivity index (χ0v) is 26.1. The third kappa shape index (κ3) is 7.70. The van der Waals surface area contributed by atoms with Gasteiger partial charge in [0.15, 0.2) is 0 Å². The highest BCUT2D eigenvalue weighted by Gasteiger charge is 2.30. The molecule has 0 spiro atoms. The normalized spacial score (nSPS) is 16.3. The van der Waals surface area contributed by atoms with Crippen LogP contribution in [0.5, 0.6) is 0 Å². The lowest BCUT2D eigenvalue weighted by Gasteiger charge is -2.40. The van der Waals surface area contributed by atoms with Gasteiger partial charge in [0.1, 0.15) is 0 Å². The lowest BCUT2D eigenvalue weighted by Crippen LogP contribution is -2.50. The lowest BCUT2D eigenvalue weighted by atomic mass is 9.96. The van der Waals surface area contributed by atoms with Gasteiger partial charge in [-0.15, -0.1) is 0 Å². The monoisotopic (exact) mass is 600 g/mol. The Labute approximate surface area is 267 Å². The van der Waals surface area contributed by atoms with E-state index in [1.165, 1.54) is 22.3 Å². The number of hydrogen-bond acceptors (Lipinski definition) is 4. The predicted octanol–water partition coefficient (Wildman–Crippen LogP) is 6.02. The summed E-state index contributed by atoms with van der Waals surface area (Å²) in [6, 6.07) is 42.9. The topological polar surface area (TPSA) is 47.1 Å². The van der Waals surface area contributed by atoms with Crippen LogP contribution in [0.2, 0.25) is 0 Å². The Morgan fingerprint density at radius 2 is 0.689 bits per heavy atom. The van der Waals surface area contributed by atoms with Gasteiger partial charge in [0.2, 0.25) is 11.8 Å². The van der Waals surface area contributed by atoms with Gasteiger partial charge in [-0.3, -0.25) is 19.4 Å². The molecule has 2 aliphatic heterocycles. The first kappa shape index (κ1) is 30.8. The molecular weight excluding hydrogens is 556 g/mol. The third-order valence-electron chi connectivity index (χ3n) is 9.31. The highest BCUT2D eigenvalue weighted by atomic mass is 16.2. The van der Waals surface area contributed by atoms with E-state index in [-0.39, 0.29) is 23.9 Å². The van der Waals surface area contributed by atoms with Crippen LogP contribution in [0.4, 0.5) is 0 Å². The van der Waals surface area contributed by atoms with E-state index in [0.29, 0.717) is 19.3 Å². The summed E-state index contributed by atoms with van der Waals surface area (Å²) in [7, 11) is 0. The molecule has 2 aliphatic rings. The molecule has 232 valence electrons. The molecule has 4 aromatic carbocycles. The number of nitrogens with zero attached hydrogens (tertiary/aromatic N) is 4. The maximum Gasteiger partial charge on any atom is 0.222 e.